The predicted octanol–water partition coefficient (Wildman–Crippen LogP) is 13.3. The smallest absolute Gasteiger partial charge is 0.137 e. The lowest BCUT2D eigenvalue weighted by Gasteiger charge is -2.29. The van der Waals surface area contributed by atoms with E-state index in [1.54, 1.807) is 0 Å². The topological polar surface area (TPSA) is 16.4 Å². The van der Waals surface area contributed by atoms with Crippen molar-refractivity contribution in [3.8, 4) is 11.1 Å². The number of rotatable bonds is 4. The summed E-state index contributed by atoms with van der Waals surface area (Å²) >= 11 is 0. The van der Waals surface area contributed by atoms with Crippen LogP contribution in [0.25, 0.3) is 76.2 Å². The molecule has 0 fully saturated rings. The molecule has 0 spiro atoms. The van der Waals surface area contributed by atoms with Crippen molar-refractivity contribution in [2.75, 3.05) is 4.90 Å². The van der Waals surface area contributed by atoms with Gasteiger partial charge in [-0.1, -0.05) is 133 Å². The van der Waals surface area contributed by atoms with E-state index < -0.39 is 0 Å². The molecule has 10 rings (SSSR count). The van der Waals surface area contributed by atoms with E-state index in [-0.39, 0.29) is 0 Å². The van der Waals surface area contributed by atoms with Crippen molar-refractivity contribution in [3.63, 3.8) is 0 Å². The summed E-state index contributed by atoms with van der Waals surface area (Å²) in [5.41, 5.74) is 7.38. The summed E-state index contributed by atoms with van der Waals surface area (Å²) in [6.07, 6.45) is 0. The first-order valence-electron chi connectivity index (χ1n) is 16.4. The van der Waals surface area contributed by atoms with Crippen molar-refractivity contribution < 1.29 is 4.42 Å². The van der Waals surface area contributed by atoms with Gasteiger partial charge in [-0.25, -0.2) is 0 Å². The van der Waals surface area contributed by atoms with Gasteiger partial charge in [0.05, 0.1) is 11.4 Å². The highest BCUT2D eigenvalue weighted by atomic mass is 16.3. The quantitative estimate of drug-likeness (QED) is 0.184. The molecule has 1 heterocycles. The van der Waals surface area contributed by atoms with Crippen molar-refractivity contribution in [2.24, 2.45) is 0 Å². The first-order chi connectivity index (χ1) is 23.8. The fraction of sp³-hybridized carbons (Fsp3) is 0. The normalized spacial score (nSPS) is 11.8. The van der Waals surface area contributed by atoms with E-state index in [2.05, 4.69) is 181 Å². The Kier molecular flexibility index (Phi) is 5.91. The second kappa shape index (κ2) is 10.6. The minimum Gasteiger partial charge on any atom is -0.456 e. The van der Waals surface area contributed by atoms with Crippen LogP contribution >= 0.6 is 0 Å². The maximum Gasteiger partial charge on any atom is 0.137 e. The van der Waals surface area contributed by atoms with Gasteiger partial charge in [0.25, 0.3) is 0 Å². The molecule has 224 valence electrons. The zero-order chi connectivity index (χ0) is 31.6. The third-order valence-electron chi connectivity index (χ3n) is 9.78. The van der Waals surface area contributed by atoms with Gasteiger partial charge in [-0.3, -0.25) is 0 Å². The molecule has 10 aromatic rings. The number of hydrogen-bond acceptors (Lipinski definition) is 2. The lowest BCUT2D eigenvalue weighted by molar-refractivity contribution is 0.669. The third-order valence-corrected chi connectivity index (χ3v) is 9.78. The zero-order valence-corrected chi connectivity index (χ0v) is 26.1. The van der Waals surface area contributed by atoms with Crippen molar-refractivity contribution in [3.05, 3.63) is 176 Å². The predicted molar refractivity (Wildman–Crippen MR) is 204 cm³/mol. The SMILES string of the molecule is c1ccc(-c2ccccc2N(c2ccc3c(c2)oc2cc4ccccc4cc23)c2cc3ccc4ccccc4c3c3ccccc23)cc1. The number of benzene rings is 9. The average molecular weight is 612 g/mol. The molecule has 0 saturated carbocycles. The molecule has 0 bridgehead atoms. The maximum absolute atomic E-state index is 6.62. The molecule has 1 aromatic heterocycles. The van der Waals surface area contributed by atoms with Crippen LogP contribution in [0.1, 0.15) is 0 Å². The molecule has 0 atom stereocenters. The molecular weight excluding hydrogens is 583 g/mol. The van der Waals surface area contributed by atoms with Gasteiger partial charge >= 0.3 is 0 Å². The fourth-order valence-electron chi connectivity index (χ4n) is 7.57. The molecule has 2 nitrogen and oxygen atoms in total. The van der Waals surface area contributed by atoms with Crippen LogP contribution in [0.5, 0.6) is 0 Å². The molecule has 0 saturated heterocycles. The summed E-state index contributed by atoms with van der Waals surface area (Å²) in [6.45, 7) is 0. The van der Waals surface area contributed by atoms with E-state index in [0.717, 1.165) is 44.6 Å². The number of furan rings is 1. The highest BCUT2D eigenvalue weighted by Gasteiger charge is 2.22. The van der Waals surface area contributed by atoms with Crippen LogP contribution in [-0.2, 0) is 0 Å². The van der Waals surface area contributed by atoms with Crippen LogP contribution in [0, 0.1) is 0 Å². The number of anilines is 3. The van der Waals surface area contributed by atoms with Gasteiger partial charge in [-0.05, 0) is 79.7 Å². The summed E-state index contributed by atoms with van der Waals surface area (Å²) in [6, 6.07) is 63.3. The molecule has 9 aromatic carbocycles. The van der Waals surface area contributed by atoms with E-state index >= 15 is 0 Å². The van der Waals surface area contributed by atoms with Crippen molar-refractivity contribution in [2.45, 2.75) is 0 Å². The van der Waals surface area contributed by atoms with Crippen molar-refractivity contribution in [1.82, 2.24) is 0 Å². The third kappa shape index (κ3) is 4.13. The number of para-hydroxylation sites is 1. The molecule has 48 heavy (non-hydrogen) atoms. The molecule has 0 aliphatic rings. The Morgan fingerprint density at radius 1 is 0.354 bits per heavy atom. The van der Waals surface area contributed by atoms with Gasteiger partial charge in [0.1, 0.15) is 11.2 Å². The molecule has 0 N–H and O–H groups in total. The van der Waals surface area contributed by atoms with E-state index in [4.69, 9.17) is 4.42 Å². The first kappa shape index (κ1) is 26.8. The number of hydrogen-bond donors (Lipinski definition) is 0. The largest absolute Gasteiger partial charge is 0.456 e. The second-order valence-electron chi connectivity index (χ2n) is 12.5. The van der Waals surface area contributed by atoms with Gasteiger partial charge in [-0.2, -0.15) is 0 Å². The van der Waals surface area contributed by atoms with Crippen LogP contribution < -0.4 is 4.90 Å². The Morgan fingerprint density at radius 3 is 1.85 bits per heavy atom. The number of nitrogens with zero attached hydrogens (tertiary/aromatic N) is 1. The van der Waals surface area contributed by atoms with Crippen LogP contribution in [0.3, 0.4) is 0 Å². The van der Waals surface area contributed by atoms with Crippen molar-refractivity contribution >= 4 is 82.1 Å². The zero-order valence-electron chi connectivity index (χ0n) is 26.1. The molecule has 0 amide bonds. The van der Waals surface area contributed by atoms with Crippen LogP contribution in [-0.4, -0.2) is 0 Å². The van der Waals surface area contributed by atoms with Gasteiger partial charge < -0.3 is 9.32 Å². The van der Waals surface area contributed by atoms with E-state index in [1.807, 2.05) is 0 Å². The standard InChI is InChI=1S/C46H29NO/c1-2-12-30(13-3-1)36-17-10-11-21-42(36)47(35-24-25-39-41-26-32-15-4-5-16-33(32)28-44(41)48-45(39)29-35)43-27-34-23-22-31-14-6-7-18-37(31)46(34)40-20-9-8-19-38(40)43/h1-29H. The minimum atomic E-state index is 0.871. The lowest BCUT2D eigenvalue weighted by Crippen LogP contribution is -2.12. The Labute approximate surface area is 277 Å². The number of fused-ring (bicyclic) bond motifs is 9. The van der Waals surface area contributed by atoms with Gasteiger partial charge in [0.15, 0.2) is 0 Å². The van der Waals surface area contributed by atoms with E-state index in [9.17, 15) is 0 Å². The minimum absolute atomic E-state index is 0.871. The Morgan fingerprint density at radius 2 is 1.00 bits per heavy atom. The summed E-state index contributed by atoms with van der Waals surface area (Å²) in [5, 5.41) is 12.1. The molecule has 0 aliphatic heterocycles. The molecular formula is C46H29NO. The monoisotopic (exact) mass is 611 g/mol. The maximum atomic E-state index is 6.62. The molecule has 0 radical (unpaired) electrons. The van der Waals surface area contributed by atoms with Gasteiger partial charge in [0, 0.05) is 33.5 Å². The van der Waals surface area contributed by atoms with Crippen LogP contribution in [0.2, 0.25) is 0 Å². The Bertz CT molecular complexity index is 2850. The molecule has 0 aliphatic carbocycles. The summed E-state index contributed by atoms with van der Waals surface area (Å²) < 4.78 is 6.62. The Hall–Kier alpha value is -6.38. The molecule has 0 unspecified atom stereocenters. The molecule has 2 heteroatoms. The van der Waals surface area contributed by atoms with Gasteiger partial charge in [0.2, 0.25) is 0 Å². The first-order valence-corrected chi connectivity index (χ1v) is 16.4. The summed E-state index contributed by atoms with van der Waals surface area (Å²) in [4.78, 5) is 2.42. The van der Waals surface area contributed by atoms with E-state index in [0.29, 0.717) is 0 Å². The summed E-state index contributed by atoms with van der Waals surface area (Å²) in [5.74, 6) is 0. The van der Waals surface area contributed by atoms with Crippen LogP contribution in [0.15, 0.2) is 180 Å². The Balaban J connectivity index is 1.29. The summed E-state index contributed by atoms with van der Waals surface area (Å²) in [7, 11) is 0. The fourth-order valence-corrected chi connectivity index (χ4v) is 7.57. The highest BCUT2D eigenvalue weighted by molar-refractivity contribution is 6.24. The lowest BCUT2D eigenvalue weighted by atomic mass is 9.94. The van der Waals surface area contributed by atoms with Crippen LogP contribution in [0.4, 0.5) is 17.1 Å². The van der Waals surface area contributed by atoms with Gasteiger partial charge in [-0.15, -0.1) is 0 Å². The second-order valence-corrected chi connectivity index (χ2v) is 12.5. The average Bonchev–Trinajstić information content (AvgIpc) is 3.51. The van der Waals surface area contributed by atoms with E-state index in [1.165, 1.54) is 48.7 Å². The van der Waals surface area contributed by atoms with Crippen molar-refractivity contribution in [1.29, 1.82) is 0 Å². The highest BCUT2D eigenvalue weighted by Crippen LogP contribution is 2.47.